The zero-order valence-electron chi connectivity index (χ0n) is 10.6. The highest BCUT2D eigenvalue weighted by molar-refractivity contribution is 7.16. The second kappa shape index (κ2) is 6.50. The Hall–Kier alpha value is -1.42. The van der Waals surface area contributed by atoms with E-state index in [1.165, 1.54) is 11.3 Å². The van der Waals surface area contributed by atoms with Crippen LogP contribution in [0, 0.1) is 11.8 Å². The molecule has 0 fully saturated rings. The number of hydrogen-bond donors (Lipinski definition) is 2. The Morgan fingerprint density at radius 1 is 1.61 bits per heavy atom. The molecule has 0 aliphatic carbocycles. The number of aliphatic hydroxyl groups excluding tert-OH is 1. The first-order valence-electron chi connectivity index (χ1n) is 5.40. The third kappa shape index (κ3) is 5.77. The van der Waals surface area contributed by atoms with E-state index in [2.05, 4.69) is 22.1 Å². The lowest BCUT2D eigenvalue weighted by Crippen LogP contribution is -2.27. The number of thiazole rings is 1. The van der Waals surface area contributed by atoms with Gasteiger partial charge in [-0.2, -0.15) is 0 Å². The van der Waals surface area contributed by atoms with Gasteiger partial charge in [0.05, 0.1) is 16.7 Å². The van der Waals surface area contributed by atoms with Gasteiger partial charge in [-0.05, 0) is 20.8 Å². The summed E-state index contributed by atoms with van der Waals surface area (Å²) in [6.07, 6.45) is 1.55. The second-order valence-electron chi connectivity index (χ2n) is 4.44. The van der Waals surface area contributed by atoms with Crippen LogP contribution in [0.15, 0.2) is 6.20 Å². The molecule has 0 radical (unpaired) electrons. The summed E-state index contributed by atoms with van der Waals surface area (Å²) in [5.41, 5.74) is -0.349. The van der Waals surface area contributed by atoms with E-state index in [0.717, 1.165) is 0 Å². The first-order valence-corrected chi connectivity index (χ1v) is 6.22. The number of ether oxygens (including phenoxy) is 1. The van der Waals surface area contributed by atoms with E-state index in [4.69, 9.17) is 9.84 Å². The van der Waals surface area contributed by atoms with Gasteiger partial charge in [-0.1, -0.05) is 23.2 Å². The molecule has 1 aromatic heterocycles. The number of aliphatic hydroxyl groups is 1. The molecule has 0 bridgehead atoms. The van der Waals surface area contributed by atoms with Crippen molar-refractivity contribution in [2.75, 3.05) is 18.5 Å². The van der Waals surface area contributed by atoms with Crippen molar-refractivity contribution in [1.29, 1.82) is 0 Å². The molecule has 5 nitrogen and oxygen atoms in total. The highest BCUT2D eigenvalue weighted by atomic mass is 32.1. The Bertz CT molecular complexity index is 466. The smallest absolute Gasteiger partial charge is 0.252 e. The molecule has 1 rings (SSSR count). The Balaban J connectivity index is 2.47. The topological polar surface area (TPSA) is 71.5 Å². The zero-order valence-corrected chi connectivity index (χ0v) is 11.4. The minimum atomic E-state index is -0.349. The normalized spacial score (nSPS) is 10.7. The molecule has 0 aromatic carbocycles. The van der Waals surface area contributed by atoms with Crippen molar-refractivity contribution < 1.29 is 14.6 Å². The predicted molar refractivity (Wildman–Crippen MR) is 70.4 cm³/mol. The molecule has 1 heterocycles. The molecule has 0 saturated carbocycles. The van der Waals surface area contributed by atoms with Crippen LogP contribution >= 0.6 is 11.3 Å². The maximum absolute atomic E-state index is 11.5. The molecule has 1 amide bonds. The molecule has 2 N–H and O–H groups in total. The van der Waals surface area contributed by atoms with Gasteiger partial charge in [-0.25, -0.2) is 4.98 Å². The molecular weight excluding hydrogens is 252 g/mol. The summed E-state index contributed by atoms with van der Waals surface area (Å²) in [6.45, 7) is 5.44. The monoisotopic (exact) mass is 268 g/mol. The largest absolute Gasteiger partial charge is 0.384 e. The third-order valence-corrected chi connectivity index (χ3v) is 2.51. The fourth-order valence-corrected chi connectivity index (χ4v) is 1.66. The van der Waals surface area contributed by atoms with Crippen molar-refractivity contribution >= 4 is 22.4 Å². The fraction of sp³-hybridized carbons (Fsp3) is 0.500. The van der Waals surface area contributed by atoms with E-state index in [0.29, 0.717) is 10.0 Å². The number of anilines is 1. The van der Waals surface area contributed by atoms with E-state index in [9.17, 15) is 4.79 Å². The lowest BCUT2D eigenvalue weighted by Gasteiger charge is -2.18. The summed E-state index contributed by atoms with van der Waals surface area (Å²) in [7, 11) is 0. The molecule has 0 saturated heterocycles. The number of carbonyl (C=O) groups excluding carboxylic acids is 1. The van der Waals surface area contributed by atoms with Gasteiger partial charge in [-0.3, -0.25) is 10.1 Å². The van der Waals surface area contributed by atoms with Gasteiger partial charge in [0.1, 0.15) is 13.2 Å². The molecule has 0 spiro atoms. The number of nitrogens with zero attached hydrogens (tertiary/aromatic N) is 1. The van der Waals surface area contributed by atoms with Crippen molar-refractivity contribution in [3.8, 4) is 11.8 Å². The van der Waals surface area contributed by atoms with Gasteiger partial charge < -0.3 is 9.84 Å². The van der Waals surface area contributed by atoms with E-state index < -0.39 is 0 Å². The number of rotatable bonds is 3. The summed E-state index contributed by atoms with van der Waals surface area (Å²) in [6, 6.07) is 0. The van der Waals surface area contributed by atoms with Crippen molar-refractivity contribution in [2.45, 2.75) is 26.4 Å². The molecule has 98 valence electrons. The van der Waals surface area contributed by atoms with Crippen molar-refractivity contribution in [3.05, 3.63) is 11.1 Å². The van der Waals surface area contributed by atoms with E-state index >= 15 is 0 Å². The number of amides is 1. The second-order valence-corrected chi connectivity index (χ2v) is 5.47. The quantitative estimate of drug-likeness (QED) is 0.809. The van der Waals surface area contributed by atoms with Crippen LogP contribution in [0.3, 0.4) is 0 Å². The lowest BCUT2D eigenvalue weighted by molar-refractivity contribution is -0.125. The van der Waals surface area contributed by atoms with E-state index in [-0.39, 0.29) is 24.7 Å². The SMILES string of the molecule is CC(C)(C)OCC(=O)Nc1ncc(C#CCO)s1. The zero-order chi connectivity index (χ0) is 13.6. The van der Waals surface area contributed by atoms with Gasteiger partial charge >= 0.3 is 0 Å². The molecule has 0 atom stereocenters. The first-order chi connectivity index (χ1) is 8.40. The number of nitrogens with one attached hydrogen (secondary N) is 1. The molecule has 6 heteroatoms. The molecule has 1 aromatic rings. The van der Waals surface area contributed by atoms with Crippen LogP contribution in [0.1, 0.15) is 25.6 Å². The highest BCUT2D eigenvalue weighted by Gasteiger charge is 2.13. The van der Waals surface area contributed by atoms with Crippen LogP contribution in [0.5, 0.6) is 0 Å². The molecular formula is C12H16N2O3S. The Kier molecular flexibility index (Phi) is 5.28. The molecule has 0 unspecified atom stereocenters. The summed E-state index contributed by atoms with van der Waals surface area (Å²) in [5, 5.41) is 11.6. The van der Waals surface area contributed by atoms with Crippen LogP contribution in [-0.4, -0.2) is 34.8 Å². The van der Waals surface area contributed by atoms with Crippen LogP contribution in [0.25, 0.3) is 0 Å². The van der Waals surface area contributed by atoms with Gasteiger partial charge in [0.2, 0.25) is 0 Å². The fourth-order valence-electron chi connectivity index (χ4n) is 0.954. The van der Waals surface area contributed by atoms with Crippen LogP contribution in [-0.2, 0) is 9.53 Å². The third-order valence-electron chi connectivity index (χ3n) is 1.68. The predicted octanol–water partition coefficient (Wildman–Crippen LogP) is 1.24. The van der Waals surface area contributed by atoms with Crippen LogP contribution < -0.4 is 5.32 Å². The van der Waals surface area contributed by atoms with Gasteiger partial charge in [0, 0.05) is 0 Å². The maximum Gasteiger partial charge on any atom is 0.252 e. The van der Waals surface area contributed by atoms with E-state index in [1.807, 2.05) is 20.8 Å². The summed E-state index contributed by atoms with van der Waals surface area (Å²) >= 11 is 1.25. The van der Waals surface area contributed by atoms with Gasteiger partial charge in [-0.15, -0.1) is 0 Å². The van der Waals surface area contributed by atoms with E-state index in [1.54, 1.807) is 6.20 Å². The Morgan fingerprint density at radius 3 is 2.94 bits per heavy atom. The maximum atomic E-state index is 11.5. The number of hydrogen-bond acceptors (Lipinski definition) is 5. The van der Waals surface area contributed by atoms with Gasteiger partial charge in [0.25, 0.3) is 5.91 Å². The molecule has 0 aliphatic rings. The number of carbonyl (C=O) groups is 1. The van der Waals surface area contributed by atoms with Crippen molar-refractivity contribution in [1.82, 2.24) is 4.98 Å². The first kappa shape index (κ1) is 14.6. The minimum Gasteiger partial charge on any atom is -0.384 e. The minimum absolute atomic E-state index is 0.0132. The summed E-state index contributed by atoms with van der Waals surface area (Å²) < 4.78 is 5.34. The van der Waals surface area contributed by atoms with Crippen LogP contribution in [0.2, 0.25) is 0 Å². The molecule has 18 heavy (non-hydrogen) atoms. The van der Waals surface area contributed by atoms with Crippen molar-refractivity contribution in [3.63, 3.8) is 0 Å². The number of aromatic nitrogens is 1. The average Bonchev–Trinajstić information content (AvgIpc) is 2.70. The highest BCUT2D eigenvalue weighted by Crippen LogP contribution is 2.17. The Labute approximate surface area is 110 Å². The van der Waals surface area contributed by atoms with Gasteiger partial charge in [0.15, 0.2) is 5.13 Å². The molecule has 0 aliphatic heterocycles. The summed E-state index contributed by atoms with van der Waals surface area (Å²) in [4.78, 5) is 16.2. The standard InChI is InChI=1S/C12H16N2O3S/c1-12(2,3)17-8-10(16)14-11-13-7-9(18-11)5-4-6-15/h7,15H,6,8H2,1-3H3,(H,13,14,16). The van der Waals surface area contributed by atoms with Crippen molar-refractivity contribution in [2.24, 2.45) is 0 Å². The average molecular weight is 268 g/mol. The Morgan fingerprint density at radius 2 is 2.33 bits per heavy atom. The summed E-state index contributed by atoms with van der Waals surface area (Å²) in [5.74, 6) is 4.98. The van der Waals surface area contributed by atoms with Crippen LogP contribution in [0.4, 0.5) is 5.13 Å². The lowest BCUT2D eigenvalue weighted by atomic mass is 10.2.